The number of cyclic esters (lactones) is 1. The molecule has 1 aliphatic heterocycles. The van der Waals surface area contributed by atoms with E-state index >= 15 is 0 Å². The highest BCUT2D eigenvalue weighted by Crippen LogP contribution is 2.19. The highest BCUT2D eigenvalue weighted by Gasteiger charge is 2.30. The van der Waals surface area contributed by atoms with E-state index in [1.54, 1.807) is 0 Å². The quantitative estimate of drug-likeness (QED) is 0.502. The molecule has 1 unspecified atom stereocenters. The van der Waals surface area contributed by atoms with E-state index in [0.717, 1.165) is 0 Å². The van der Waals surface area contributed by atoms with E-state index in [-0.39, 0.29) is 12.8 Å². The second-order valence-electron chi connectivity index (χ2n) is 1.90. The summed E-state index contributed by atoms with van der Waals surface area (Å²) in [6.07, 6.45) is -3.36. The molecule has 0 amide bonds. The Hall–Kier alpha value is -0.670. The lowest BCUT2D eigenvalue weighted by Gasteiger charge is -2.04. The summed E-state index contributed by atoms with van der Waals surface area (Å²) in [7, 11) is 0. The molecule has 0 aromatic carbocycles. The van der Waals surface area contributed by atoms with Gasteiger partial charge in [0.05, 0.1) is 0 Å². The Morgan fingerprint density at radius 2 is 2.33 bits per heavy atom. The summed E-state index contributed by atoms with van der Waals surface area (Å²) in [4.78, 5) is 10.2. The van der Waals surface area contributed by atoms with Crippen LogP contribution in [0.2, 0.25) is 0 Å². The number of hydrogen-bond donors (Lipinski definition) is 0. The Balaban J connectivity index is 2.39. The van der Waals surface area contributed by atoms with Crippen molar-refractivity contribution in [2.24, 2.45) is 0 Å². The first-order valence-electron chi connectivity index (χ1n) is 2.68. The number of ether oxygens (including phenoxy) is 1. The third-order valence-corrected chi connectivity index (χ3v) is 1.20. The molecule has 0 radical (unpaired) electrons. The molecule has 1 heterocycles. The normalized spacial score (nSPS) is 27.0. The van der Waals surface area contributed by atoms with Crippen LogP contribution in [0.25, 0.3) is 0 Å². The Morgan fingerprint density at radius 1 is 1.67 bits per heavy atom. The van der Waals surface area contributed by atoms with Gasteiger partial charge in [-0.25, -0.2) is 8.78 Å². The Morgan fingerprint density at radius 3 is 2.56 bits per heavy atom. The summed E-state index contributed by atoms with van der Waals surface area (Å²) in [6, 6.07) is 0. The molecule has 1 atom stereocenters. The van der Waals surface area contributed by atoms with Gasteiger partial charge >= 0.3 is 5.97 Å². The maximum atomic E-state index is 11.6. The number of carbonyl (C=O) groups is 1. The van der Waals surface area contributed by atoms with E-state index in [9.17, 15) is 13.6 Å². The van der Waals surface area contributed by atoms with Crippen LogP contribution in [0.5, 0.6) is 0 Å². The molecule has 52 valence electrons. The zero-order valence-electron chi connectivity index (χ0n) is 4.64. The van der Waals surface area contributed by atoms with Gasteiger partial charge < -0.3 is 4.74 Å². The first-order chi connectivity index (χ1) is 4.20. The minimum Gasteiger partial charge on any atom is -0.456 e. The van der Waals surface area contributed by atoms with Gasteiger partial charge in [-0.05, 0) is 0 Å². The molecule has 0 spiro atoms. The topological polar surface area (TPSA) is 26.3 Å². The molecule has 0 aromatic rings. The molecule has 0 aromatic heterocycles. The molecule has 1 saturated heterocycles. The first kappa shape index (κ1) is 6.45. The summed E-state index contributed by atoms with van der Waals surface area (Å²) in [5, 5.41) is 0. The lowest BCUT2D eigenvalue weighted by atomic mass is 10.2. The first-order valence-corrected chi connectivity index (χ1v) is 2.68. The van der Waals surface area contributed by atoms with Crippen molar-refractivity contribution in [2.75, 3.05) is 0 Å². The van der Waals surface area contributed by atoms with E-state index in [4.69, 9.17) is 0 Å². The summed E-state index contributed by atoms with van der Waals surface area (Å²) < 4.78 is 27.5. The SMILES string of the molecule is O=C1CCC(C(F)F)O1. The van der Waals surface area contributed by atoms with Crippen LogP contribution >= 0.6 is 0 Å². The van der Waals surface area contributed by atoms with E-state index in [1.807, 2.05) is 0 Å². The molecule has 9 heavy (non-hydrogen) atoms. The summed E-state index contributed by atoms with van der Waals surface area (Å²) in [5.41, 5.74) is 0. The maximum absolute atomic E-state index is 11.6. The molecule has 0 bridgehead atoms. The van der Waals surface area contributed by atoms with E-state index < -0.39 is 18.5 Å². The van der Waals surface area contributed by atoms with Crippen molar-refractivity contribution in [2.45, 2.75) is 25.4 Å². The summed E-state index contributed by atoms with van der Waals surface area (Å²) in [6.45, 7) is 0. The van der Waals surface area contributed by atoms with Crippen molar-refractivity contribution in [3.8, 4) is 0 Å². The minimum atomic E-state index is -2.52. The minimum absolute atomic E-state index is 0.134. The molecular weight excluding hydrogens is 130 g/mol. The van der Waals surface area contributed by atoms with Gasteiger partial charge in [0, 0.05) is 12.8 Å². The Bertz CT molecular complexity index is 124. The molecule has 1 aliphatic rings. The van der Waals surface area contributed by atoms with Crippen LogP contribution in [-0.2, 0) is 9.53 Å². The van der Waals surface area contributed by atoms with Crippen LogP contribution in [0, 0.1) is 0 Å². The Labute approximate surface area is 50.8 Å². The molecule has 0 saturated carbocycles. The van der Waals surface area contributed by atoms with Crippen molar-refractivity contribution in [1.82, 2.24) is 0 Å². The average molecular weight is 136 g/mol. The molecule has 0 aliphatic carbocycles. The van der Waals surface area contributed by atoms with E-state index in [0.29, 0.717) is 0 Å². The number of halogens is 2. The summed E-state index contributed by atoms with van der Waals surface area (Å²) in [5.74, 6) is -0.514. The third-order valence-electron chi connectivity index (χ3n) is 1.20. The van der Waals surface area contributed by atoms with Gasteiger partial charge in [-0.2, -0.15) is 0 Å². The van der Waals surface area contributed by atoms with Crippen molar-refractivity contribution in [1.29, 1.82) is 0 Å². The van der Waals surface area contributed by atoms with Crippen LogP contribution < -0.4 is 0 Å². The zero-order chi connectivity index (χ0) is 6.85. The van der Waals surface area contributed by atoms with Gasteiger partial charge in [-0.3, -0.25) is 4.79 Å². The van der Waals surface area contributed by atoms with Gasteiger partial charge in [0.2, 0.25) is 0 Å². The third kappa shape index (κ3) is 1.37. The monoisotopic (exact) mass is 136 g/mol. The fraction of sp³-hybridized carbons (Fsp3) is 0.800. The second-order valence-corrected chi connectivity index (χ2v) is 1.90. The highest BCUT2D eigenvalue weighted by molar-refractivity contribution is 5.71. The zero-order valence-corrected chi connectivity index (χ0v) is 4.64. The van der Waals surface area contributed by atoms with E-state index in [1.165, 1.54) is 0 Å². The fourth-order valence-electron chi connectivity index (χ4n) is 0.724. The van der Waals surface area contributed by atoms with Crippen LogP contribution in [0.3, 0.4) is 0 Å². The smallest absolute Gasteiger partial charge is 0.306 e. The van der Waals surface area contributed by atoms with Crippen LogP contribution in [-0.4, -0.2) is 18.5 Å². The van der Waals surface area contributed by atoms with Crippen LogP contribution in [0.4, 0.5) is 8.78 Å². The number of hydrogen-bond acceptors (Lipinski definition) is 2. The lowest BCUT2D eigenvalue weighted by Crippen LogP contribution is -2.16. The number of esters is 1. The lowest BCUT2D eigenvalue weighted by molar-refractivity contribution is -0.146. The Kier molecular flexibility index (Phi) is 1.64. The maximum Gasteiger partial charge on any atom is 0.306 e. The van der Waals surface area contributed by atoms with Gasteiger partial charge in [-0.1, -0.05) is 0 Å². The van der Waals surface area contributed by atoms with Gasteiger partial charge in [-0.15, -0.1) is 0 Å². The van der Waals surface area contributed by atoms with Crippen molar-refractivity contribution in [3.05, 3.63) is 0 Å². The largest absolute Gasteiger partial charge is 0.456 e. The standard InChI is InChI=1S/C5H6F2O2/c6-5(7)3-1-2-4(8)9-3/h3,5H,1-2H2. The average Bonchev–Trinajstić information content (AvgIpc) is 2.14. The fourth-order valence-corrected chi connectivity index (χ4v) is 0.724. The molecule has 2 nitrogen and oxygen atoms in total. The van der Waals surface area contributed by atoms with E-state index in [2.05, 4.69) is 4.74 Å². The molecule has 1 rings (SSSR count). The summed E-state index contributed by atoms with van der Waals surface area (Å²) >= 11 is 0. The van der Waals surface area contributed by atoms with Gasteiger partial charge in [0.25, 0.3) is 6.43 Å². The molecule has 4 heteroatoms. The number of alkyl halides is 2. The molecule has 0 N–H and O–H groups in total. The van der Waals surface area contributed by atoms with Gasteiger partial charge in [0.1, 0.15) is 0 Å². The second kappa shape index (κ2) is 2.29. The predicted molar refractivity (Wildman–Crippen MR) is 25.1 cm³/mol. The van der Waals surface area contributed by atoms with Crippen molar-refractivity contribution >= 4 is 5.97 Å². The number of rotatable bonds is 1. The van der Waals surface area contributed by atoms with Crippen molar-refractivity contribution in [3.63, 3.8) is 0 Å². The molecule has 1 fully saturated rings. The van der Waals surface area contributed by atoms with Crippen LogP contribution in [0.15, 0.2) is 0 Å². The van der Waals surface area contributed by atoms with Crippen LogP contribution in [0.1, 0.15) is 12.8 Å². The van der Waals surface area contributed by atoms with Gasteiger partial charge in [0.15, 0.2) is 6.10 Å². The molecular formula is C5H6F2O2. The number of carbonyl (C=O) groups excluding carboxylic acids is 1. The highest BCUT2D eigenvalue weighted by atomic mass is 19.3. The predicted octanol–water partition coefficient (Wildman–Crippen LogP) is 0.957. The van der Waals surface area contributed by atoms with Crippen molar-refractivity contribution < 1.29 is 18.3 Å².